The third kappa shape index (κ3) is 3.93. The average Bonchev–Trinajstić information content (AvgIpc) is 2.40. The molecule has 1 aromatic carbocycles. The number of ketones is 1. The molecule has 0 saturated carbocycles. The first-order valence-corrected chi connectivity index (χ1v) is 6.67. The summed E-state index contributed by atoms with van der Waals surface area (Å²) in [5, 5.41) is 0. The Hall–Kier alpha value is -1.19. The highest BCUT2D eigenvalue weighted by Crippen LogP contribution is 2.07. The predicted octanol–water partition coefficient (Wildman–Crippen LogP) is 1.69. The smallest absolute Gasteiger partial charge is 0.151 e. The molecule has 1 aromatic rings. The molecule has 0 bridgehead atoms. The third-order valence-corrected chi connectivity index (χ3v) is 3.34. The summed E-state index contributed by atoms with van der Waals surface area (Å²) in [6.45, 7) is 5.94. The standard InChI is InChI=1S/C15H21NO2/c1-2-13-3-5-14(6-4-13)11-15(17)12-16-7-9-18-10-8-16/h3-6H,2,7-12H2,1H3. The zero-order valence-corrected chi connectivity index (χ0v) is 11.0. The maximum atomic E-state index is 12.0. The molecule has 0 N–H and O–H groups in total. The fourth-order valence-corrected chi connectivity index (χ4v) is 2.19. The minimum absolute atomic E-state index is 0.293. The average molecular weight is 247 g/mol. The van der Waals surface area contributed by atoms with Gasteiger partial charge in [-0.05, 0) is 17.5 Å². The van der Waals surface area contributed by atoms with Crippen molar-refractivity contribution >= 4 is 5.78 Å². The Bertz CT molecular complexity index is 380. The Balaban J connectivity index is 1.82. The molecule has 1 aliphatic rings. The normalized spacial score (nSPS) is 16.7. The van der Waals surface area contributed by atoms with Crippen molar-refractivity contribution in [2.24, 2.45) is 0 Å². The molecule has 3 nitrogen and oxygen atoms in total. The lowest BCUT2D eigenvalue weighted by Crippen LogP contribution is -2.39. The van der Waals surface area contributed by atoms with Crippen molar-refractivity contribution in [3.8, 4) is 0 Å². The molecule has 1 heterocycles. The molecular weight excluding hydrogens is 226 g/mol. The first-order valence-electron chi connectivity index (χ1n) is 6.67. The largest absolute Gasteiger partial charge is 0.379 e. The fourth-order valence-electron chi connectivity index (χ4n) is 2.19. The zero-order chi connectivity index (χ0) is 12.8. The number of carbonyl (C=O) groups is 1. The summed E-state index contributed by atoms with van der Waals surface area (Å²) in [7, 11) is 0. The van der Waals surface area contributed by atoms with E-state index in [2.05, 4.69) is 36.1 Å². The topological polar surface area (TPSA) is 29.5 Å². The molecule has 0 atom stereocenters. The number of hydrogen-bond donors (Lipinski definition) is 0. The van der Waals surface area contributed by atoms with E-state index in [0.717, 1.165) is 38.3 Å². The summed E-state index contributed by atoms with van der Waals surface area (Å²) in [6.07, 6.45) is 1.59. The lowest BCUT2D eigenvalue weighted by Gasteiger charge is -2.25. The molecule has 1 aliphatic heterocycles. The van der Waals surface area contributed by atoms with Crippen LogP contribution in [0.5, 0.6) is 0 Å². The summed E-state index contributed by atoms with van der Waals surface area (Å²) < 4.78 is 5.27. The van der Waals surface area contributed by atoms with Gasteiger partial charge in [-0.1, -0.05) is 31.2 Å². The fraction of sp³-hybridized carbons (Fsp3) is 0.533. The predicted molar refractivity (Wildman–Crippen MR) is 71.8 cm³/mol. The Labute approximate surface area is 109 Å². The van der Waals surface area contributed by atoms with Crippen LogP contribution in [0, 0.1) is 0 Å². The molecule has 0 aliphatic carbocycles. The minimum atomic E-state index is 0.293. The van der Waals surface area contributed by atoms with Gasteiger partial charge >= 0.3 is 0 Å². The van der Waals surface area contributed by atoms with Crippen LogP contribution in [-0.4, -0.2) is 43.5 Å². The summed E-state index contributed by atoms with van der Waals surface area (Å²) in [5.74, 6) is 0.293. The maximum Gasteiger partial charge on any atom is 0.151 e. The number of hydrogen-bond acceptors (Lipinski definition) is 3. The van der Waals surface area contributed by atoms with Gasteiger partial charge in [0.05, 0.1) is 19.8 Å². The lowest BCUT2D eigenvalue weighted by atomic mass is 10.1. The van der Waals surface area contributed by atoms with Gasteiger partial charge in [-0.3, -0.25) is 9.69 Å². The van der Waals surface area contributed by atoms with Crippen LogP contribution in [0.15, 0.2) is 24.3 Å². The van der Waals surface area contributed by atoms with Crippen LogP contribution in [0.2, 0.25) is 0 Å². The minimum Gasteiger partial charge on any atom is -0.379 e. The van der Waals surface area contributed by atoms with Crippen LogP contribution < -0.4 is 0 Å². The number of Topliss-reactive ketones (excluding diaryl/α,β-unsaturated/α-hetero) is 1. The molecule has 98 valence electrons. The lowest BCUT2D eigenvalue weighted by molar-refractivity contribution is -0.120. The third-order valence-electron chi connectivity index (χ3n) is 3.34. The molecule has 0 radical (unpaired) electrons. The van der Waals surface area contributed by atoms with Gasteiger partial charge in [-0.25, -0.2) is 0 Å². The van der Waals surface area contributed by atoms with Gasteiger partial charge < -0.3 is 4.74 Å². The summed E-state index contributed by atoms with van der Waals surface area (Å²) in [6, 6.07) is 8.35. The number of morpholine rings is 1. The van der Waals surface area contributed by atoms with Gasteiger partial charge in [0.15, 0.2) is 5.78 Å². The van der Waals surface area contributed by atoms with Crippen LogP contribution in [-0.2, 0) is 22.4 Å². The monoisotopic (exact) mass is 247 g/mol. The van der Waals surface area contributed by atoms with E-state index in [1.165, 1.54) is 5.56 Å². The van der Waals surface area contributed by atoms with E-state index in [9.17, 15) is 4.79 Å². The molecule has 1 fully saturated rings. The van der Waals surface area contributed by atoms with Gasteiger partial charge in [0.25, 0.3) is 0 Å². The Morgan fingerprint density at radius 3 is 2.39 bits per heavy atom. The van der Waals surface area contributed by atoms with Gasteiger partial charge in [-0.2, -0.15) is 0 Å². The molecule has 0 aromatic heterocycles. The van der Waals surface area contributed by atoms with Gasteiger partial charge in [0.1, 0.15) is 0 Å². The van der Waals surface area contributed by atoms with Crippen LogP contribution in [0.4, 0.5) is 0 Å². The first kappa shape index (κ1) is 13.2. The number of aryl methyl sites for hydroxylation is 1. The van der Waals surface area contributed by atoms with Crippen molar-refractivity contribution in [1.29, 1.82) is 0 Å². The summed E-state index contributed by atoms with van der Waals surface area (Å²) >= 11 is 0. The van der Waals surface area contributed by atoms with E-state index in [0.29, 0.717) is 18.7 Å². The quantitative estimate of drug-likeness (QED) is 0.793. The van der Waals surface area contributed by atoms with Crippen molar-refractivity contribution in [2.45, 2.75) is 19.8 Å². The highest BCUT2D eigenvalue weighted by Gasteiger charge is 2.14. The second-order valence-electron chi connectivity index (χ2n) is 4.77. The summed E-state index contributed by atoms with van der Waals surface area (Å²) in [4.78, 5) is 14.1. The number of carbonyl (C=O) groups excluding carboxylic acids is 1. The van der Waals surface area contributed by atoms with Gasteiger partial charge in [0.2, 0.25) is 0 Å². The van der Waals surface area contributed by atoms with Crippen molar-refractivity contribution in [3.05, 3.63) is 35.4 Å². The first-order chi connectivity index (χ1) is 8.78. The molecular formula is C15H21NO2. The van der Waals surface area contributed by atoms with E-state index in [4.69, 9.17) is 4.74 Å². The van der Waals surface area contributed by atoms with E-state index in [-0.39, 0.29) is 0 Å². The van der Waals surface area contributed by atoms with E-state index in [1.807, 2.05) is 0 Å². The molecule has 1 saturated heterocycles. The number of nitrogens with zero attached hydrogens (tertiary/aromatic N) is 1. The molecule has 0 spiro atoms. The van der Waals surface area contributed by atoms with Crippen molar-refractivity contribution in [2.75, 3.05) is 32.8 Å². The molecule has 3 heteroatoms. The van der Waals surface area contributed by atoms with E-state index < -0.39 is 0 Å². The maximum absolute atomic E-state index is 12.0. The van der Waals surface area contributed by atoms with Crippen LogP contribution in [0.25, 0.3) is 0 Å². The Morgan fingerprint density at radius 1 is 1.17 bits per heavy atom. The second kappa shape index (κ2) is 6.66. The van der Waals surface area contributed by atoms with Crippen molar-refractivity contribution in [3.63, 3.8) is 0 Å². The highest BCUT2D eigenvalue weighted by molar-refractivity contribution is 5.82. The van der Waals surface area contributed by atoms with E-state index in [1.54, 1.807) is 0 Å². The van der Waals surface area contributed by atoms with Gasteiger partial charge in [-0.15, -0.1) is 0 Å². The van der Waals surface area contributed by atoms with Crippen molar-refractivity contribution in [1.82, 2.24) is 4.90 Å². The molecule has 2 rings (SSSR count). The molecule has 0 amide bonds. The van der Waals surface area contributed by atoms with Crippen LogP contribution >= 0.6 is 0 Å². The second-order valence-corrected chi connectivity index (χ2v) is 4.77. The Morgan fingerprint density at radius 2 is 1.78 bits per heavy atom. The number of ether oxygens (including phenoxy) is 1. The molecule has 18 heavy (non-hydrogen) atoms. The number of rotatable bonds is 5. The van der Waals surface area contributed by atoms with Gasteiger partial charge in [0, 0.05) is 19.5 Å². The number of benzene rings is 1. The van der Waals surface area contributed by atoms with Crippen molar-refractivity contribution < 1.29 is 9.53 Å². The van der Waals surface area contributed by atoms with Crippen LogP contribution in [0.1, 0.15) is 18.1 Å². The van der Waals surface area contributed by atoms with E-state index >= 15 is 0 Å². The highest BCUT2D eigenvalue weighted by atomic mass is 16.5. The Kier molecular flexibility index (Phi) is 4.90. The van der Waals surface area contributed by atoms with Crippen LogP contribution in [0.3, 0.4) is 0 Å². The summed E-state index contributed by atoms with van der Waals surface area (Å²) in [5.41, 5.74) is 2.44. The SMILES string of the molecule is CCc1ccc(CC(=O)CN2CCOCC2)cc1. The zero-order valence-electron chi connectivity index (χ0n) is 11.0. The molecule has 0 unspecified atom stereocenters.